The number of carbonyl (C=O) groups excluding carboxylic acids is 2. The van der Waals surface area contributed by atoms with E-state index in [1.54, 1.807) is 48.4 Å². The zero-order chi connectivity index (χ0) is 19.2. The number of ether oxygens (including phenoxy) is 2. The number of methoxy groups -OCH3 is 1. The number of benzene rings is 2. The van der Waals surface area contributed by atoms with Crippen molar-refractivity contribution < 1.29 is 19.1 Å². The summed E-state index contributed by atoms with van der Waals surface area (Å²) in [5.41, 5.74) is 1.21. The van der Waals surface area contributed by atoms with Gasteiger partial charge in [-0.05, 0) is 24.3 Å². The van der Waals surface area contributed by atoms with Gasteiger partial charge in [-0.1, -0.05) is 18.2 Å². The molecule has 1 atom stereocenters. The Balaban J connectivity index is 1.68. The summed E-state index contributed by atoms with van der Waals surface area (Å²) in [6.45, 7) is 0.220. The maximum atomic E-state index is 12.6. The summed E-state index contributed by atoms with van der Waals surface area (Å²) in [5.74, 6) is 0.261. The van der Waals surface area contributed by atoms with E-state index in [1.165, 1.54) is 0 Å². The van der Waals surface area contributed by atoms with Crippen LogP contribution in [-0.2, 0) is 9.59 Å². The third kappa shape index (κ3) is 4.18. The molecule has 1 saturated heterocycles. The lowest BCUT2D eigenvalue weighted by molar-refractivity contribution is -0.122. The highest BCUT2D eigenvalue weighted by molar-refractivity contribution is 6.04. The van der Waals surface area contributed by atoms with E-state index in [9.17, 15) is 9.59 Å². The number of rotatable bonds is 6. The maximum absolute atomic E-state index is 12.6. The van der Waals surface area contributed by atoms with E-state index in [-0.39, 0.29) is 31.4 Å². The molecule has 138 valence electrons. The average molecular weight is 365 g/mol. The predicted octanol–water partition coefficient (Wildman–Crippen LogP) is 2.59. The molecule has 0 radical (unpaired) electrons. The first-order valence-electron chi connectivity index (χ1n) is 8.46. The average Bonchev–Trinajstić information content (AvgIpc) is 3.08. The molecule has 0 spiro atoms. The van der Waals surface area contributed by atoms with Gasteiger partial charge in [-0.25, -0.2) is 0 Å². The van der Waals surface area contributed by atoms with E-state index in [0.29, 0.717) is 22.9 Å². The van der Waals surface area contributed by atoms with E-state index < -0.39 is 5.92 Å². The molecule has 1 heterocycles. The molecule has 27 heavy (non-hydrogen) atoms. The molecule has 0 aliphatic carbocycles. The summed E-state index contributed by atoms with van der Waals surface area (Å²) >= 11 is 0. The lowest BCUT2D eigenvalue weighted by atomic mass is 10.1. The van der Waals surface area contributed by atoms with Gasteiger partial charge in [0.1, 0.15) is 17.6 Å². The van der Waals surface area contributed by atoms with Crippen LogP contribution in [0.3, 0.4) is 0 Å². The lowest BCUT2D eigenvalue weighted by Crippen LogP contribution is -2.28. The van der Waals surface area contributed by atoms with Gasteiger partial charge in [-0.15, -0.1) is 0 Å². The number of para-hydroxylation sites is 2. The fourth-order valence-electron chi connectivity index (χ4n) is 2.99. The summed E-state index contributed by atoms with van der Waals surface area (Å²) in [6, 6.07) is 15.9. The third-order valence-electron chi connectivity index (χ3n) is 4.28. The molecule has 1 unspecified atom stereocenters. The van der Waals surface area contributed by atoms with Crippen LogP contribution in [0.25, 0.3) is 0 Å². The van der Waals surface area contributed by atoms with Crippen LogP contribution in [0.5, 0.6) is 11.5 Å². The van der Waals surface area contributed by atoms with Crippen molar-refractivity contribution in [2.24, 2.45) is 5.92 Å². The standard InChI is InChI=1S/C20H19N3O4/c1-26-18-8-3-2-7-17(18)23-13-14(11-19(23)24)20(25)22-15-5-4-6-16(12-15)27-10-9-21/h2-8,12,14H,10-11,13H2,1H3,(H,22,25). The summed E-state index contributed by atoms with van der Waals surface area (Å²) in [4.78, 5) is 26.6. The number of anilines is 2. The molecule has 1 fully saturated rings. The van der Waals surface area contributed by atoms with Gasteiger partial charge in [0.25, 0.3) is 0 Å². The molecule has 7 heteroatoms. The van der Waals surface area contributed by atoms with Crippen LogP contribution in [0.4, 0.5) is 11.4 Å². The van der Waals surface area contributed by atoms with Crippen molar-refractivity contribution in [1.82, 2.24) is 0 Å². The minimum Gasteiger partial charge on any atom is -0.495 e. The Morgan fingerprint density at radius 1 is 1.30 bits per heavy atom. The van der Waals surface area contributed by atoms with Crippen molar-refractivity contribution in [3.8, 4) is 17.6 Å². The van der Waals surface area contributed by atoms with Gasteiger partial charge in [0.2, 0.25) is 11.8 Å². The molecule has 2 aromatic carbocycles. The number of hydrogen-bond donors (Lipinski definition) is 1. The Morgan fingerprint density at radius 3 is 2.89 bits per heavy atom. The second kappa shape index (κ2) is 8.23. The Morgan fingerprint density at radius 2 is 2.11 bits per heavy atom. The smallest absolute Gasteiger partial charge is 0.229 e. The van der Waals surface area contributed by atoms with Crippen molar-refractivity contribution in [2.45, 2.75) is 6.42 Å². The fraction of sp³-hybridized carbons (Fsp3) is 0.250. The van der Waals surface area contributed by atoms with Crippen molar-refractivity contribution in [1.29, 1.82) is 5.26 Å². The van der Waals surface area contributed by atoms with Crippen molar-refractivity contribution >= 4 is 23.2 Å². The summed E-state index contributed by atoms with van der Waals surface area (Å²) in [6.07, 6.45) is 0.133. The van der Waals surface area contributed by atoms with E-state index >= 15 is 0 Å². The van der Waals surface area contributed by atoms with Crippen molar-refractivity contribution in [2.75, 3.05) is 30.5 Å². The molecule has 2 aromatic rings. The lowest BCUT2D eigenvalue weighted by Gasteiger charge is -2.19. The molecule has 1 N–H and O–H groups in total. The monoisotopic (exact) mass is 365 g/mol. The van der Waals surface area contributed by atoms with Crippen LogP contribution in [0, 0.1) is 17.2 Å². The molecular formula is C20H19N3O4. The third-order valence-corrected chi connectivity index (χ3v) is 4.28. The number of hydrogen-bond acceptors (Lipinski definition) is 5. The Kier molecular flexibility index (Phi) is 5.57. The van der Waals surface area contributed by atoms with Crippen molar-refractivity contribution in [3.05, 3.63) is 48.5 Å². The number of carbonyl (C=O) groups is 2. The summed E-state index contributed by atoms with van der Waals surface area (Å²) in [5, 5.41) is 11.4. The van der Waals surface area contributed by atoms with Crippen LogP contribution in [0.2, 0.25) is 0 Å². The molecule has 0 saturated carbocycles. The van der Waals surface area contributed by atoms with Crippen LogP contribution >= 0.6 is 0 Å². The molecular weight excluding hydrogens is 346 g/mol. The SMILES string of the molecule is COc1ccccc1N1CC(C(=O)Nc2cccc(OCC#N)c2)CC1=O. The summed E-state index contributed by atoms with van der Waals surface area (Å²) in [7, 11) is 1.55. The second-order valence-electron chi connectivity index (χ2n) is 6.04. The normalized spacial score (nSPS) is 15.9. The number of nitriles is 1. The highest BCUT2D eigenvalue weighted by Gasteiger charge is 2.36. The Labute approximate surface area is 157 Å². The first-order valence-corrected chi connectivity index (χ1v) is 8.46. The maximum Gasteiger partial charge on any atom is 0.229 e. The number of nitrogens with zero attached hydrogens (tertiary/aromatic N) is 2. The van der Waals surface area contributed by atoms with Crippen LogP contribution < -0.4 is 19.7 Å². The fourth-order valence-corrected chi connectivity index (χ4v) is 2.99. The molecule has 1 aliphatic rings. The minimum atomic E-state index is -0.467. The first kappa shape index (κ1) is 18.3. The molecule has 7 nitrogen and oxygen atoms in total. The van der Waals surface area contributed by atoms with Gasteiger partial charge in [0, 0.05) is 24.7 Å². The molecule has 0 aromatic heterocycles. The van der Waals surface area contributed by atoms with Crippen LogP contribution in [0.15, 0.2) is 48.5 Å². The second-order valence-corrected chi connectivity index (χ2v) is 6.04. The van der Waals surface area contributed by atoms with Gasteiger partial charge in [0.15, 0.2) is 6.61 Å². The zero-order valence-corrected chi connectivity index (χ0v) is 14.8. The largest absolute Gasteiger partial charge is 0.495 e. The van der Waals surface area contributed by atoms with Crippen molar-refractivity contribution in [3.63, 3.8) is 0 Å². The number of amides is 2. The first-order chi connectivity index (χ1) is 13.1. The summed E-state index contributed by atoms with van der Waals surface area (Å²) < 4.78 is 10.5. The number of nitrogens with one attached hydrogen (secondary N) is 1. The van der Waals surface area contributed by atoms with E-state index in [4.69, 9.17) is 14.7 Å². The van der Waals surface area contributed by atoms with Crippen LogP contribution in [0.1, 0.15) is 6.42 Å². The Hall–Kier alpha value is -3.53. The van der Waals surface area contributed by atoms with E-state index in [1.807, 2.05) is 18.2 Å². The Bertz CT molecular complexity index is 891. The highest BCUT2D eigenvalue weighted by atomic mass is 16.5. The zero-order valence-electron chi connectivity index (χ0n) is 14.8. The predicted molar refractivity (Wildman–Crippen MR) is 99.6 cm³/mol. The van der Waals surface area contributed by atoms with Crippen LogP contribution in [-0.4, -0.2) is 32.1 Å². The van der Waals surface area contributed by atoms with E-state index in [2.05, 4.69) is 5.32 Å². The van der Waals surface area contributed by atoms with Gasteiger partial charge >= 0.3 is 0 Å². The molecule has 3 rings (SSSR count). The quantitative estimate of drug-likeness (QED) is 0.849. The van der Waals surface area contributed by atoms with E-state index in [0.717, 1.165) is 0 Å². The minimum absolute atomic E-state index is 0.0671. The molecule has 1 aliphatic heterocycles. The topological polar surface area (TPSA) is 91.7 Å². The molecule has 2 amide bonds. The van der Waals surface area contributed by atoms with Gasteiger partial charge in [-0.2, -0.15) is 5.26 Å². The van der Waals surface area contributed by atoms with Gasteiger partial charge in [-0.3, -0.25) is 9.59 Å². The molecule has 0 bridgehead atoms. The highest BCUT2D eigenvalue weighted by Crippen LogP contribution is 2.33. The van der Waals surface area contributed by atoms with Gasteiger partial charge in [0.05, 0.1) is 18.7 Å². The van der Waals surface area contributed by atoms with Gasteiger partial charge < -0.3 is 19.7 Å².